The summed E-state index contributed by atoms with van der Waals surface area (Å²) in [6, 6.07) is 19.4. The molecule has 0 aliphatic heterocycles. The summed E-state index contributed by atoms with van der Waals surface area (Å²) in [5.74, 6) is -0.887. The first kappa shape index (κ1) is 26.6. The summed E-state index contributed by atoms with van der Waals surface area (Å²) in [6.45, 7) is 5.96. The Hall–Kier alpha value is -3.66. The van der Waals surface area contributed by atoms with Gasteiger partial charge in [0, 0.05) is 25.4 Å². The van der Waals surface area contributed by atoms with Crippen molar-refractivity contribution in [3.8, 4) is 17.2 Å². The van der Waals surface area contributed by atoms with Gasteiger partial charge in [-0.2, -0.15) is 5.26 Å². The summed E-state index contributed by atoms with van der Waals surface area (Å²) < 4.78 is 5.38. The molecule has 2 N–H and O–H groups in total. The van der Waals surface area contributed by atoms with Crippen LogP contribution >= 0.6 is 0 Å². The quantitative estimate of drug-likeness (QED) is 0.367. The highest BCUT2D eigenvalue weighted by Gasteiger charge is 2.38. The van der Waals surface area contributed by atoms with E-state index in [9.17, 15) is 14.4 Å². The minimum Gasteiger partial charge on any atom is -0.465 e. The second-order valence-electron chi connectivity index (χ2n) is 8.43. The Morgan fingerprint density at radius 3 is 2.24 bits per heavy atom. The van der Waals surface area contributed by atoms with Crippen molar-refractivity contribution in [2.45, 2.75) is 57.9 Å². The maximum Gasteiger partial charge on any atom is 0.316 e. The number of esters is 1. The molecule has 2 amide bonds. The number of amides is 2. The monoisotopic (exact) mass is 463 g/mol. The molecule has 180 valence electrons. The molecule has 0 radical (unpaired) electrons. The third kappa shape index (κ3) is 7.73. The van der Waals surface area contributed by atoms with Crippen LogP contribution in [-0.4, -0.2) is 37.0 Å². The van der Waals surface area contributed by atoms with Crippen molar-refractivity contribution in [3.63, 3.8) is 0 Å². The summed E-state index contributed by atoms with van der Waals surface area (Å²) >= 11 is 0. The van der Waals surface area contributed by atoms with E-state index in [1.54, 1.807) is 6.92 Å². The molecule has 0 spiro atoms. The third-order valence-electron chi connectivity index (χ3n) is 5.62. The molecule has 7 nitrogen and oxygen atoms in total. The van der Waals surface area contributed by atoms with Gasteiger partial charge in [-0.1, -0.05) is 54.6 Å². The molecule has 0 fully saturated rings. The fraction of sp³-hybridized carbons (Fsp3) is 0.407. The number of nitrogens with one attached hydrogen (secondary N) is 2. The van der Waals surface area contributed by atoms with Crippen molar-refractivity contribution in [2.75, 3.05) is 13.2 Å². The number of hydrogen-bond donors (Lipinski definition) is 2. The second-order valence-corrected chi connectivity index (χ2v) is 8.43. The first-order valence-corrected chi connectivity index (χ1v) is 11.6. The lowest BCUT2D eigenvalue weighted by Gasteiger charge is -2.31. The molecule has 0 aromatic heterocycles. The normalized spacial score (nSPS) is 13.1. The fourth-order valence-electron chi connectivity index (χ4n) is 3.85. The highest BCUT2D eigenvalue weighted by atomic mass is 16.5. The molecule has 0 saturated heterocycles. The molecule has 0 aliphatic rings. The lowest BCUT2D eigenvalue weighted by Crippen LogP contribution is -2.43. The van der Waals surface area contributed by atoms with Crippen LogP contribution in [0.5, 0.6) is 0 Å². The Bertz CT molecular complexity index is 999. The third-order valence-corrected chi connectivity index (χ3v) is 5.62. The van der Waals surface area contributed by atoms with Crippen molar-refractivity contribution >= 4 is 17.8 Å². The largest absolute Gasteiger partial charge is 0.465 e. The van der Waals surface area contributed by atoms with E-state index in [0.29, 0.717) is 6.42 Å². The second kappa shape index (κ2) is 13.1. The number of nitriles is 1. The van der Waals surface area contributed by atoms with Gasteiger partial charge in [0.2, 0.25) is 11.8 Å². The average Bonchev–Trinajstić information content (AvgIpc) is 2.83. The Morgan fingerprint density at radius 2 is 1.62 bits per heavy atom. The predicted molar refractivity (Wildman–Crippen MR) is 131 cm³/mol. The Kier molecular flexibility index (Phi) is 10.3. The molecule has 2 aromatic rings. The molecule has 0 aliphatic carbocycles. The van der Waals surface area contributed by atoms with Gasteiger partial charge < -0.3 is 15.4 Å². The first-order chi connectivity index (χ1) is 16.3. The van der Waals surface area contributed by atoms with Crippen molar-refractivity contribution in [2.24, 2.45) is 0 Å². The maximum atomic E-state index is 13.0. The minimum atomic E-state index is -0.952. The molecular weight excluding hydrogens is 430 g/mol. The van der Waals surface area contributed by atoms with Crippen LogP contribution < -0.4 is 10.6 Å². The lowest BCUT2D eigenvalue weighted by atomic mass is 9.77. The van der Waals surface area contributed by atoms with Crippen LogP contribution in [0.3, 0.4) is 0 Å². The fourth-order valence-corrected chi connectivity index (χ4v) is 3.85. The summed E-state index contributed by atoms with van der Waals surface area (Å²) in [6.07, 6.45) is 0.648. The molecular formula is C27H33N3O4. The molecule has 7 heteroatoms. The number of benzene rings is 2. The first-order valence-electron chi connectivity index (χ1n) is 11.6. The zero-order valence-electron chi connectivity index (χ0n) is 20.1. The number of ether oxygens (including phenoxy) is 1. The van der Waals surface area contributed by atoms with Crippen molar-refractivity contribution < 1.29 is 19.1 Å². The minimum absolute atomic E-state index is 0.0324. The highest BCUT2D eigenvalue weighted by molar-refractivity contribution is 5.85. The number of nitrogens with zero attached hydrogens (tertiary/aromatic N) is 1. The molecule has 0 saturated carbocycles. The van der Waals surface area contributed by atoms with Crippen LogP contribution in [0.1, 0.15) is 52.0 Å². The molecule has 2 rings (SSSR count). The lowest BCUT2D eigenvalue weighted by molar-refractivity contribution is -0.150. The number of carbonyl (C=O) groups is 3. The Labute approximate surface area is 201 Å². The molecule has 34 heavy (non-hydrogen) atoms. The van der Waals surface area contributed by atoms with E-state index in [4.69, 9.17) is 10.00 Å². The van der Waals surface area contributed by atoms with Gasteiger partial charge in [-0.3, -0.25) is 14.4 Å². The van der Waals surface area contributed by atoms with E-state index < -0.39 is 5.41 Å². The Balaban J connectivity index is 2.06. The van der Waals surface area contributed by atoms with E-state index in [2.05, 4.69) is 10.6 Å². The van der Waals surface area contributed by atoms with Crippen LogP contribution in [0.4, 0.5) is 0 Å². The van der Waals surface area contributed by atoms with E-state index in [1.807, 2.05) is 74.5 Å². The topological polar surface area (TPSA) is 108 Å². The van der Waals surface area contributed by atoms with Crippen LogP contribution in [0.15, 0.2) is 54.6 Å². The van der Waals surface area contributed by atoms with Crippen molar-refractivity contribution in [1.82, 2.24) is 10.6 Å². The summed E-state index contributed by atoms with van der Waals surface area (Å²) in [7, 11) is 0. The SMILES string of the molecule is CCOC(=O)C(C)(CC(C)NC(=O)CCC(=O)NCCC#N)c1ccc(-c2ccccc2)cc1. The van der Waals surface area contributed by atoms with Gasteiger partial charge in [-0.05, 0) is 43.9 Å². The molecule has 2 unspecified atom stereocenters. The number of carbonyl (C=O) groups excluding carboxylic acids is 3. The van der Waals surface area contributed by atoms with E-state index >= 15 is 0 Å². The van der Waals surface area contributed by atoms with Crippen molar-refractivity contribution in [3.05, 3.63) is 60.2 Å². The van der Waals surface area contributed by atoms with E-state index in [-0.39, 0.29) is 56.2 Å². The van der Waals surface area contributed by atoms with Gasteiger partial charge in [0.25, 0.3) is 0 Å². The van der Waals surface area contributed by atoms with Crippen LogP contribution in [0, 0.1) is 11.3 Å². The van der Waals surface area contributed by atoms with E-state index in [0.717, 1.165) is 16.7 Å². The summed E-state index contributed by atoms with van der Waals surface area (Å²) in [5, 5.41) is 14.0. The Morgan fingerprint density at radius 1 is 1.00 bits per heavy atom. The molecule has 0 heterocycles. The number of hydrogen-bond acceptors (Lipinski definition) is 5. The smallest absolute Gasteiger partial charge is 0.316 e. The average molecular weight is 464 g/mol. The maximum absolute atomic E-state index is 13.0. The number of rotatable bonds is 12. The summed E-state index contributed by atoms with van der Waals surface area (Å²) in [4.78, 5) is 37.1. The van der Waals surface area contributed by atoms with Gasteiger partial charge in [-0.25, -0.2) is 0 Å². The van der Waals surface area contributed by atoms with Gasteiger partial charge in [0.05, 0.1) is 24.5 Å². The standard InChI is InChI=1S/C27H33N3O4/c1-4-34-26(33)27(3,23-13-11-22(12-14-23)21-9-6-5-7-10-21)19-20(2)30-25(32)16-15-24(31)29-18-8-17-28/h5-7,9-14,20H,4,8,15-16,18-19H2,1-3H3,(H,29,31)(H,30,32). The van der Waals surface area contributed by atoms with Crippen LogP contribution in [-0.2, 0) is 24.5 Å². The zero-order chi connectivity index (χ0) is 25.0. The van der Waals surface area contributed by atoms with Crippen LogP contribution in [0.25, 0.3) is 11.1 Å². The molecule has 2 atom stereocenters. The van der Waals surface area contributed by atoms with E-state index in [1.165, 1.54) is 0 Å². The molecule has 0 bridgehead atoms. The predicted octanol–water partition coefficient (Wildman–Crippen LogP) is 3.88. The van der Waals surface area contributed by atoms with Crippen LogP contribution in [0.2, 0.25) is 0 Å². The zero-order valence-corrected chi connectivity index (χ0v) is 20.1. The van der Waals surface area contributed by atoms with Gasteiger partial charge in [-0.15, -0.1) is 0 Å². The van der Waals surface area contributed by atoms with Gasteiger partial charge in [0.1, 0.15) is 0 Å². The highest BCUT2D eigenvalue weighted by Crippen LogP contribution is 2.32. The van der Waals surface area contributed by atoms with Gasteiger partial charge in [0.15, 0.2) is 0 Å². The summed E-state index contributed by atoms with van der Waals surface area (Å²) in [5.41, 5.74) is 1.99. The molecule has 2 aromatic carbocycles. The van der Waals surface area contributed by atoms with Crippen molar-refractivity contribution in [1.29, 1.82) is 5.26 Å². The van der Waals surface area contributed by atoms with Gasteiger partial charge >= 0.3 is 5.97 Å².